The second-order valence-corrected chi connectivity index (χ2v) is 5.22. The second-order valence-electron chi connectivity index (χ2n) is 5.22. The maximum absolute atomic E-state index is 12.4. The van der Waals surface area contributed by atoms with E-state index in [1.54, 1.807) is 26.0 Å². The number of nitrogens with two attached hydrogens (primary N) is 1. The first-order valence-corrected chi connectivity index (χ1v) is 6.41. The number of carbonyl (C=O) groups is 2. The summed E-state index contributed by atoms with van der Waals surface area (Å²) in [6, 6.07) is 5.34. The summed E-state index contributed by atoms with van der Waals surface area (Å²) in [4.78, 5) is 24.6. The molecule has 1 heterocycles. The van der Waals surface area contributed by atoms with Gasteiger partial charge in [0.15, 0.2) is 5.60 Å². The lowest BCUT2D eigenvalue weighted by molar-refractivity contribution is -0.137. The number of benzene rings is 1. The Balaban J connectivity index is 2.40. The van der Waals surface area contributed by atoms with Crippen LogP contribution in [0.15, 0.2) is 18.2 Å². The molecule has 1 aliphatic heterocycles. The number of nitrogens with zero attached hydrogens (tertiary/aromatic N) is 1. The third kappa shape index (κ3) is 2.60. The zero-order chi connectivity index (χ0) is 14.9. The summed E-state index contributed by atoms with van der Waals surface area (Å²) < 4.78 is 5.72. The molecule has 3 N–H and O–H groups in total. The van der Waals surface area contributed by atoms with Gasteiger partial charge in [-0.3, -0.25) is 9.59 Å². The van der Waals surface area contributed by atoms with Gasteiger partial charge in [-0.25, -0.2) is 0 Å². The van der Waals surface area contributed by atoms with Crippen molar-refractivity contribution in [1.82, 2.24) is 0 Å². The fourth-order valence-electron chi connectivity index (χ4n) is 2.17. The van der Waals surface area contributed by atoms with Gasteiger partial charge in [-0.05, 0) is 31.5 Å². The van der Waals surface area contributed by atoms with Crippen LogP contribution in [0.1, 0.15) is 25.8 Å². The average Bonchev–Trinajstić information content (AvgIpc) is 2.38. The summed E-state index contributed by atoms with van der Waals surface area (Å²) in [5, 5.41) is 8.80. The molecular weight excluding hydrogens is 260 g/mol. The maximum Gasteiger partial charge on any atom is 0.305 e. The molecule has 0 radical (unpaired) electrons. The fourth-order valence-corrected chi connectivity index (χ4v) is 2.17. The van der Waals surface area contributed by atoms with Crippen LogP contribution in [0.5, 0.6) is 5.75 Å². The van der Waals surface area contributed by atoms with Gasteiger partial charge in [0.2, 0.25) is 0 Å². The standard InChI is InChI=1S/C14H18N2O4/c1-14(2)13(19)16(6-5-12(17)18)10-4-3-9(8-15)7-11(10)20-14/h3-4,7H,5-6,8,15H2,1-2H3,(H,17,18). The number of hydrogen-bond donors (Lipinski definition) is 2. The van der Waals surface area contributed by atoms with E-state index in [1.807, 2.05) is 6.07 Å². The van der Waals surface area contributed by atoms with Gasteiger partial charge in [-0.2, -0.15) is 0 Å². The summed E-state index contributed by atoms with van der Waals surface area (Å²) in [6.07, 6.45) is -0.111. The number of amides is 1. The second kappa shape index (κ2) is 5.13. The van der Waals surface area contributed by atoms with Crippen molar-refractivity contribution in [3.05, 3.63) is 23.8 Å². The average molecular weight is 278 g/mol. The lowest BCUT2D eigenvalue weighted by atomic mass is 10.0. The van der Waals surface area contributed by atoms with Gasteiger partial charge in [0.1, 0.15) is 5.75 Å². The lowest BCUT2D eigenvalue weighted by Gasteiger charge is -2.38. The molecule has 0 bridgehead atoms. The van der Waals surface area contributed by atoms with E-state index in [4.69, 9.17) is 15.6 Å². The number of carbonyl (C=O) groups excluding carboxylic acids is 1. The quantitative estimate of drug-likeness (QED) is 0.861. The van der Waals surface area contributed by atoms with Gasteiger partial charge < -0.3 is 20.5 Å². The highest BCUT2D eigenvalue weighted by molar-refractivity contribution is 6.02. The van der Waals surface area contributed by atoms with Crippen LogP contribution in [-0.4, -0.2) is 29.1 Å². The van der Waals surface area contributed by atoms with Crippen LogP contribution in [0.4, 0.5) is 5.69 Å². The van der Waals surface area contributed by atoms with E-state index in [0.717, 1.165) is 5.56 Å². The number of aliphatic carboxylic acids is 1. The number of anilines is 1. The number of fused-ring (bicyclic) bond motifs is 1. The molecule has 0 spiro atoms. The first kappa shape index (κ1) is 14.3. The third-order valence-electron chi connectivity index (χ3n) is 3.23. The molecule has 0 saturated carbocycles. The van der Waals surface area contributed by atoms with E-state index in [1.165, 1.54) is 4.90 Å². The van der Waals surface area contributed by atoms with Crippen molar-refractivity contribution in [2.45, 2.75) is 32.4 Å². The molecule has 0 aromatic heterocycles. The Morgan fingerprint density at radius 3 is 2.75 bits per heavy atom. The van der Waals surface area contributed by atoms with Gasteiger partial charge in [-0.15, -0.1) is 0 Å². The van der Waals surface area contributed by atoms with Gasteiger partial charge in [0, 0.05) is 13.1 Å². The van der Waals surface area contributed by atoms with Gasteiger partial charge in [0.25, 0.3) is 5.91 Å². The molecule has 0 saturated heterocycles. The number of carboxylic acids is 1. The van der Waals surface area contributed by atoms with Crippen molar-refractivity contribution in [1.29, 1.82) is 0 Å². The summed E-state index contributed by atoms with van der Waals surface area (Å²) >= 11 is 0. The van der Waals surface area contributed by atoms with Gasteiger partial charge >= 0.3 is 5.97 Å². The maximum atomic E-state index is 12.4. The molecule has 1 amide bonds. The molecule has 20 heavy (non-hydrogen) atoms. The van der Waals surface area contributed by atoms with Crippen LogP contribution in [0.25, 0.3) is 0 Å². The SMILES string of the molecule is CC1(C)Oc2cc(CN)ccc2N(CCC(=O)O)C1=O. The van der Waals surface area contributed by atoms with Crippen molar-refractivity contribution >= 4 is 17.6 Å². The van der Waals surface area contributed by atoms with Crippen LogP contribution < -0.4 is 15.4 Å². The van der Waals surface area contributed by atoms with Gasteiger partial charge in [-0.1, -0.05) is 6.07 Å². The number of hydrogen-bond acceptors (Lipinski definition) is 4. The molecule has 6 heteroatoms. The van der Waals surface area contributed by atoms with Crippen LogP contribution in [0, 0.1) is 0 Å². The number of ether oxygens (including phenoxy) is 1. The van der Waals surface area contributed by atoms with Crippen molar-refractivity contribution in [2.75, 3.05) is 11.4 Å². The highest BCUT2D eigenvalue weighted by atomic mass is 16.5. The Bertz CT molecular complexity index is 554. The van der Waals surface area contributed by atoms with Crippen LogP contribution >= 0.6 is 0 Å². The molecule has 0 fully saturated rings. The van der Waals surface area contributed by atoms with E-state index in [9.17, 15) is 9.59 Å². The number of rotatable bonds is 4. The highest BCUT2D eigenvalue weighted by Crippen LogP contribution is 2.38. The van der Waals surface area contributed by atoms with Crippen LogP contribution in [0.3, 0.4) is 0 Å². The molecule has 6 nitrogen and oxygen atoms in total. The fraction of sp³-hybridized carbons (Fsp3) is 0.429. The summed E-state index contributed by atoms with van der Waals surface area (Å²) in [7, 11) is 0. The first-order valence-electron chi connectivity index (χ1n) is 6.41. The minimum Gasteiger partial charge on any atom is -0.481 e. The Morgan fingerprint density at radius 1 is 1.45 bits per heavy atom. The summed E-state index contributed by atoms with van der Waals surface area (Å²) in [5.74, 6) is -0.628. The normalized spacial score (nSPS) is 16.6. The Hall–Kier alpha value is -2.08. The van der Waals surface area contributed by atoms with Crippen molar-refractivity contribution < 1.29 is 19.4 Å². The van der Waals surface area contributed by atoms with Crippen molar-refractivity contribution in [2.24, 2.45) is 5.73 Å². The number of carboxylic acid groups (broad SMARTS) is 1. The largest absolute Gasteiger partial charge is 0.481 e. The van der Waals surface area contributed by atoms with Crippen molar-refractivity contribution in [3.63, 3.8) is 0 Å². The Morgan fingerprint density at radius 2 is 2.15 bits per heavy atom. The summed E-state index contributed by atoms with van der Waals surface area (Å²) in [6.45, 7) is 3.83. The predicted molar refractivity (Wildman–Crippen MR) is 73.6 cm³/mol. The van der Waals surface area contributed by atoms with E-state index in [2.05, 4.69) is 0 Å². The topological polar surface area (TPSA) is 92.9 Å². The monoisotopic (exact) mass is 278 g/mol. The van der Waals surface area contributed by atoms with Crippen molar-refractivity contribution in [3.8, 4) is 5.75 Å². The summed E-state index contributed by atoms with van der Waals surface area (Å²) in [5.41, 5.74) is 6.07. The predicted octanol–water partition coefficient (Wildman–Crippen LogP) is 1.12. The lowest BCUT2D eigenvalue weighted by Crippen LogP contribution is -2.53. The minimum atomic E-state index is -1.02. The van der Waals surface area contributed by atoms with Crippen LogP contribution in [-0.2, 0) is 16.1 Å². The molecule has 108 valence electrons. The molecule has 0 unspecified atom stereocenters. The molecule has 0 aliphatic carbocycles. The zero-order valence-corrected chi connectivity index (χ0v) is 11.5. The van der Waals surface area contributed by atoms with Gasteiger partial charge in [0.05, 0.1) is 12.1 Å². The van der Waals surface area contributed by atoms with E-state index < -0.39 is 11.6 Å². The minimum absolute atomic E-state index is 0.111. The van der Waals surface area contributed by atoms with E-state index in [0.29, 0.717) is 18.0 Å². The molecular formula is C14H18N2O4. The molecule has 1 aromatic rings. The Labute approximate surface area is 117 Å². The molecule has 1 aliphatic rings. The molecule has 2 rings (SSSR count). The third-order valence-corrected chi connectivity index (χ3v) is 3.23. The highest BCUT2D eigenvalue weighted by Gasteiger charge is 2.40. The smallest absolute Gasteiger partial charge is 0.305 e. The van der Waals surface area contributed by atoms with E-state index >= 15 is 0 Å². The first-order chi connectivity index (χ1) is 9.35. The van der Waals surface area contributed by atoms with Crippen LogP contribution in [0.2, 0.25) is 0 Å². The Kier molecular flexibility index (Phi) is 3.67. The molecule has 0 atom stereocenters. The zero-order valence-electron chi connectivity index (χ0n) is 11.5. The van der Waals surface area contributed by atoms with E-state index in [-0.39, 0.29) is 18.9 Å². The molecule has 1 aromatic carbocycles.